The van der Waals surface area contributed by atoms with E-state index in [1.807, 2.05) is 17.0 Å². The van der Waals surface area contributed by atoms with Crippen LogP contribution < -0.4 is 0 Å². The van der Waals surface area contributed by atoms with E-state index in [9.17, 15) is 9.18 Å². The number of fused-ring (bicyclic) bond motifs is 1. The van der Waals surface area contributed by atoms with Crippen molar-refractivity contribution in [2.75, 3.05) is 19.6 Å². The molecule has 27 heavy (non-hydrogen) atoms. The highest BCUT2D eigenvalue weighted by atomic mass is 35.5. The Morgan fingerprint density at radius 3 is 2.70 bits per heavy atom. The lowest BCUT2D eigenvalue weighted by molar-refractivity contribution is -0.130. The summed E-state index contributed by atoms with van der Waals surface area (Å²) in [6.45, 7) is 7.00. The average Bonchev–Trinajstić information content (AvgIpc) is 3.16. The van der Waals surface area contributed by atoms with Crippen LogP contribution in [-0.4, -0.2) is 35.3 Å². The number of halogens is 2. The summed E-state index contributed by atoms with van der Waals surface area (Å²) < 4.78 is 13.6. The number of hydrogen-bond acceptors (Lipinski definition) is 2. The van der Waals surface area contributed by atoms with Crippen molar-refractivity contribution in [3.05, 3.63) is 70.0 Å². The topological polar surface area (TPSA) is 23.6 Å². The van der Waals surface area contributed by atoms with Crippen molar-refractivity contribution in [3.8, 4) is 0 Å². The fraction of sp³-hybridized carbons (Fsp3) is 0.409. The Morgan fingerprint density at radius 1 is 1.19 bits per heavy atom. The molecule has 142 valence electrons. The second kappa shape index (κ2) is 7.25. The summed E-state index contributed by atoms with van der Waals surface area (Å²) in [5, 5.41) is 0.606. The Labute approximate surface area is 164 Å². The Morgan fingerprint density at radius 2 is 1.96 bits per heavy atom. The van der Waals surface area contributed by atoms with Gasteiger partial charge in [0.05, 0.1) is 6.04 Å². The van der Waals surface area contributed by atoms with Gasteiger partial charge in [0.25, 0.3) is 0 Å². The van der Waals surface area contributed by atoms with Crippen molar-refractivity contribution in [2.24, 2.45) is 11.8 Å². The predicted molar refractivity (Wildman–Crippen MR) is 105 cm³/mol. The number of likely N-dealkylation sites (tertiary alicyclic amines) is 2. The van der Waals surface area contributed by atoms with Crippen molar-refractivity contribution in [1.82, 2.24) is 9.80 Å². The number of aryl methyl sites for hydroxylation is 1. The first-order valence-electron chi connectivity index (χ1n) is 9.43. The number of rotatable bonds is 3. The Kier molecular flexibility index (Phi) is 4.95. The van der Waals surface area contributed by atoms with Crippen LogP contribution in [0.5, 0.6) is 0 Å². The first-order valence-corrected chi connectivity index (χ1v) is 9.81. The molecule has 0 aliphatic carbocycles. The van der Waals surface area contributed by atoms with Gasteiger partial charge in [0.15, 0.2) is 0 Å². The second-order valence-electron chi connectivity index (χ2n) is 7.83. The van der Waals surface area contributed by atoms with E-state index in [2.05, 4.69) is 24.0 Å². The van der Waals surface area contributed by atoms with Gasteiger partial charge in [-0.1, -0.05) is 35.9 Å². The smallest absolute Gasteiger partial charge is 0.219 e. The molecular weight excluding hydrogens is 363 g/mol. The van der Waals surface area contributed by atoms with Crippen LogP contribution in [0.25, 0.3) is 0 Å². The van der Waals surface area contributed by atoms with E-state index >= 15 is 0 Å². The fourth-order valence-corrected chi connectivity index (χ4v) is 4.99. The highest BCUT2D eigenvalue weighted by molar-refractivity contribution is 6.31. The summed E-state index contributed by atoms with van der Waals surface area (Å²) in [5.74, 6) is 0.708. The van der Waals surface area contributed by atoms with Gasteiger partial charge >= 0.3 is 0 Å². The molecule has 2 saturated heterocycles. The van der Waals surface area contributed by atoms with Crippen LogP contribution in [0.2, 0.25) is 5.02 Å². The van der Waals surface area contributed by atoms with Gasteiger partial charge in [-0.2, -0.15) is 0 Å². The summed E-state index contributed by atoms with van der Waals surface area (Å²) in [6.07, 6.45) is 0. The van der Waals surface area contributed by atoms with Crippen molar-refractivity contribution >= 4 is 17.5 Å². The van der Waals surface area contributed by atoms with E-state index in [0.29, 0.717) is 23.4 Å². The molecule has 2 aliphatic heterocycles. The monoisotopic (exact) mass is 386 g/mol. The highest BCUT2D eigenvalue weighted by Gasteiger charge is 2.48. The number of hydrogen-bond donors (Lipinski definition) is 0. The SMILES string of the molecule is CC(=O)N1C[C@H]2CN(Cc3cc(F)ccc3Cl)C[C@H]2[C@H]1c1ccccc1C. The van der Waals surface area contributed by atoms with Gasteiger partial charge < -0.3 is 4.90 Å². The highest BCUT2D eigenvalue weighted by Crippen LogP contribution is 2.46. The summed E-state index contributed by atoms with van der Waals surface area (Å²) in [7, 11) is 0. The van der Waals surface area contributed by atoms with Crippen LogP contribution in [0.3, 0.4) is 0 Å². The molecule has 2 aliphatic rings. The maximum Gasteiger partial charge on any atom is 0.219 e. The van der Waals surface area contributed by atoms with Gasteiger partial charge in [0.1, 0.15) is 5.82 Å². The molecule has 0 radical (unpaired) electrons. The molecule has 0 aromatic heterocycles. The van der Waals surface area contributed by atoms with Gasteiger partial charge in [-0.15, -0.1) is 0 Å². The summed E-state index contributed by atoms with van der Waals surface area (Å²) in [6, 6.07) is 13.0. The van der Waals surface area contributed by atoms with Crippen molar-refractivity contribution < 1.29 is 9.18 Å². The second-order valence-corrected chi connectivity index (χ2v) is 8.23. The van der Waals surface area contributed by atoms with Gasteiger partial charge in [-0.3, -0.25) is 9.69 Å². The number of carbonyl (C=O) groups is 1. The first kappa shape index (κ1) is 18.5. The molecule has 0 spiro atoms. The number of benzene rings is 2. The van der Waals surface area contributed by atoms with Crippen molar-refractivity contribution in [2.45, 2.75) is 26.4 Å². The third kappa shape index (κ3) is 3.48. The minimum atomic E-state index is -0.255. The van der Waals surface area contributed by atoms with Crippen LogP contribution in [0.4, 0.5) is 4.39 Å². The first-order chi connectivity index (χ1) is 12.9. The zero-order valence-corrected chi connectivity index (χ0v) is 16.4. The Hall–Kier alpha value is -1.91. The number of nitrogens with zero attached hydrogens (tertiary/aromatic N) is 2. The number of amides is 1. The maximum absolute atomic E-state index is 13.6. The molecule has 3 nitrogen and oxygen atoms in total. The molecule has 2 heterocycles. The normalized spacial score (nSPS) is 25.0. The number of carbonyl (C=O) groups excluding carboxylic acids is 1. The standard InChI is InChI=1S/C22H24ClFN2O/c1-14-5-3-4-6-19(14)22-20-13-25(11-17(20)12-26(22)15(2)27)10-16-9-18(24)7-8-21(16)23/h3-9,17,20,22H,10-13H2,1-2H3/t17-,20-,22-/m1/s1. The summed E-state index contributed by atoms with van der Waals surface area (Å²) >= 11 is 6.26. The molecule has 2 fully saturated rings. The largest absolute Gasteiger partial charge is 0.335 e. The van der Waals surface area contributed by atoms with Crippen molar-refractivity contribution in [1.29, 1.82) is 0 Å². The van der Waals surface area contributed by atoms with Crippen LogP contribution in [0.15, 0.2) is 42.5 Å². The molecule has 3 atom stereocenters. The molecular formula is C22H24ClFN2O. The maximum atomic E-state index is 13.6. The molecule has 0 saturated carbocycles. The zero-order valence-electron chi connectivity index (χ0n) is 15.7. The predicted octanol–water partition coefficient (Wildman–Crippen LogP) is 4.44. The van der Waals surface area contributed by atoms with E-state index in [-0.39, 0.29) is 17.8 Å². The molecule has 0 N–H and O–H groups in total. The third-order valence-electron chi connectivity index (χ3n) is 6.05. The lowest BCUT2D eigenvalue weighted by Gasteiger charge is -2.30. The average molecular weight is 387 g/mol. The minimum Gasteiger partial charge on any atom is -0.335 e. The van der Waals surface area contributed by atoms with Gasteiger partial charge in [-0.05, 0) is 47.7 Å². The third-order valence-corrected chi connectivity index (χ3v) is 6.42. The van der Waals surface area contributed by atoms with Crippen LogP contribution in [0.1, 0.15) is 29.7 Å². The van der Waals surface area contributed by atoms with E-state index in [1.165, 1.54) is 23.3 Å². The molecule has 2 aromatic carbocycles. The molecule has 4 rings (SSSR count). The van der Waals surface area contributed by atoms with E-state index in [1.54, 1.807) is 13.0 Å². The lowest BCUT2D eigenvalue weighted by Crippen LogP contribution is -2.34. The quantitative estimate of drug-likeness (QED) is 0.778. The van der Waals surface area contributed by atoms with Crippen LogP contribution >= 0.6 is 11.6 Å². The Bertz CT molecular complexity index is 871. The van der Waals surface area contributed by atoms with Crippen LogP contribution in [-0.2, 0) is 11.3 Å². The zero-order chi connectivity index (χ0) is 19.1. The van der Waals surface area contributed by atoms with E-state index in [4.69, 9.17) is 11.6 Å². The van der Waals surface area contributed by atoms with Crippen molar-refractivity contribution in [3.63, 3.8) is 0 Å². The van der Waals surface area contributed by atoms with E-state index in [0.717, 1.165) is 25.2 Å². The van der Waals surface area contributed by atoms with Gasteiger partial charge in [-0.25, -0.2) is 4.39 Å². The fourth-order valence-electron chi connectivity index (χ4n) is 4.81. The molecule has 0 bridgehead atoms. The van der Waals surface area contributed by atoms with Crippen LogP contribution in [0, 0.1) is 24.6 Å². The lowest BCUT2D eigenvalue weighted by atomic mass is 9.87. The minimum absolute atomic E-state index is 0.113. The molecule has 1 amide bonds. The molecule has 0 unspecified atom stereocenters. The summed E-state index contributed by atoms with van der Waals surface area (Å²) in [5.41, 5.74) is 3.29. The molecule has 2 aromatic rings. The van der Waals surface area contributed by atoms with E-state index < -0.39 is 0 Å². The van der Waals surface area contributed by atoms with Gasteiger partial charge in [0.2, 0.25) is 5.91 Å². The Balaban J connectivity index is 1.58. The van der Waals surface area contributed by atoms with Gasteiger partial charge in [0, 0.05) is 44.0 Å². The molecule has 5 heteroatoms. The summed E-state index contributed by atoms with van der Waals surface area (Å²) in [4.78, 5) is 16.7.